The normalized spacial score (nSPS) is 19.4. The second kappa shape index (κ2) is 5.18. The Bertz CT molecular complexity index is 269. The maximum Gasteiger partial charge on any atom is 0.325 e. The fraction of sp³-hybridized carbons (Fsp3) is 0.818. The fourth-order valence-corrected chi connectivity index (χ4v) is 1.91. The van der Waals surface area contributed by atoms with Gasteiger partial charge < -0.3 is 15.7 Å². The molecule has 1 aliphatic carbocycles. The van der Waals surface area contributed by atoms with E-state index in [-0.39, 0.29) is 5.41 Å². The first-order chi connectivity index (χ1) is 7.49. The lowest BCUT2D eigenvalue weighted by molar-refractivity contribution is -0.138. The van der Waals surface area contributed by atoms with Crippen LogP contribution in [0.4, 0.5) is 4.79 Å². The van der Waals surface area contributed by atoms with Crippen molar-refractivity contribution < 1.29 is 14.7 Å². The molecule has 0 heterocycles. The Kier molecular flexibility index (Phi) is 4.15. The van der Waals surface area contributed by atoms with Crippen molar-refractivity contribution in [3.8, 4) is 0 Å². The SMILES string of the molecule is CCC1(CNC(=O)N[C@@H](C)C(=O)O)CCC1. The molecule has 2 amide bonds. The molecule has 0 unspecified atom stereocenters. The molecule has 0 aromatic carbocycles. The van der Waals surface area contributed by atoms with Crippen molar-refractivity contribution in [3.63, 3.8) is 0 Å². The van der Waals surface area contributed by atoms with E-state index in [2.05, 4.69) is 17.6 Å². The molecule has 1 saturated carbocycles. The summed E-state index contributed by atoms with van der Waals surface area (Å²) in [6, 6.07) is -1.24. The molecule has 0 aromatic heterocycles. The number of hydrogen-bond donors (Lipinski definition) is 3. The lowest BCUT2D eigenvalue weighted by Gasteiger charge is -2.41. The molecule has 16 heavy (non-hydrogen) atoms. The summed E-state index contributed by atoms with van der Waals surface area (Å²) in [5, 5.41) is 13.7. The highest BCUT2D eigenvalue weighted by Crippen LogP contribution is 2.42. The van der Waals surface area contributed by atoms with Gasteiger partial charge in [-0.2, -0.15) is 0 Å². The zero-order chi connectivity index (χ0) is 12.2. The Balaban J connectivity index is 2.27. The molecule has 5 heteroatoms. The number of aliphatic carboxylic acids is 1. The Labute approximate surface area is 95.6 Å². The van der Waals surface area contributed by atoms with E-state index in [0.29, 0.717) is 6.54 Å². The quantitative estimate of drug-likeness (QED) is 0.664. The Morgan fingerprint density at radius 3 is 2.44 bits per heavy atom. The van der Waals surface area contributed by atoms with Crippen molar-refractivity contribution in [2.45, 2.75) is 45.6 Å². The number of carbonyl (C=O) groups is 2. The van der Waals surface area contributed by atoms with Gasteiger partial charge in [0.15, 0.2) is 0 Å². The summed E-state index contributed by atoms with van der Waals surface area (Å²) in [6.45, 7) is 4.21. The van der Waals surface area contributed by atoms with Crippen molar-refractivity contribution in [2.24, 2.45) is 5.41 Å². The Morgan fingerprint density at radius 1 is 1.44 bits per heavy atom. The van der Waals surface area contributed by atoms with Crippen LogP contribution in [0, 0.1) is 5.41 Å². The topological polar surface area (TPSA) is 78.4 Å². The van der Waals surface area contributed by atoms with E-state index in [1.807, 2.05) is 0 Å². The van der Waals surface area contributed by atoms with Crippen LogP contribution >= 0.6 is 0 Å². The molecule has 3 N–H and O–H groups in total. The predicted molar refractivity (Wildman–Crippen MR) is 60.2 cm³/mol. The minimum Gasteiger partial charge on any atom is -0.480 e. The van der Waals surface area contributed by atoms with Crippen LogP contribution in [0.5, 0.6) is 0 Å². The van der Waals surface area contributed by atoms with Crippen LogP contribution < -0.4 is 10.6 Å². The van der Waals surface area contributed by atoms with Gasteiger partial charge >= 0.3 is 12.0 Å². The van der Waals surface area contributed by atoms with Gasteiger partial charge in [0, 0.05) is 6.54 Å². The standard InChI is InChI=1S/C11H20N2O3/c1-3-11(5-4-6-11)7-12-10(16)13-8(2)9(14)15/h8H,3-7H2,1-2H3,(H,14,15)(H2,12,13,16)/t8-/m0/s1. The van der Waals surface area contributed by atoms with E-state index in [4.69, 9.17) is 5.11 Å². The maximum atomic E-state index is 11.4. The monoisotopic (exact) mass is 228 g/mol. The van der Waals surface area contributed by atoms with E-state index < -0.39 is 18.0 Å². The highest BCUT2D eigenvalue weighted by Gasteiger charge is 2.35. The molecule has 0 saturated heterocycles. The van der Waals surface area contributed by atoms with Gasteiger partial charge in [0.1, 0.15) is 6.04 Å². The molecular formula is C11H20N2O3. The molecule has 0 aliphatic heterocycles. The molecular weight excluding hydrogens is 208 g/mol. The number of amides is 2. The van der Waals surface area contributed by atoms with Crippen molar-refractivity contribution in [2.75, 3.05) is 6.54 Å². The Hall–Kier alpha value is -1.26. The van der Waals surface area contributed by atoms with Crippen LogP contribution in [0.25, 0.3) is 0 Å². The average molecular weight is 228 g/mol. The third kappa shape index (κ3) is 3.12. The smallest absolute Gasteiger partial charge is 0.325 e. The van der Waals surface area contributed by atoms with Gasteiger partial charge in [0.2, 0.25) is 0 Å². The summed E-state index contributed by atoms with van der Waals surface area (Å²) in [7, 11) is 0. The molecule has 1 atom stereocenters. The highest BCUT2D eigenvalue weighted by molar-refractivity contribution is 5.82. The minimum atomic E-state index is -1.02. The van der Waals surface area contributed by atoms with Crippen molar-refractivity contribution >= 4 is 12.0 Å². The van der Waals surface area contributed by atoms with Crippen LogP contribution in [-0.2, 0) is 4.79 Å². The molecule has 1 rings (SSSR count). The van der Waals surface area contributed by atoms with Crippen molar-refractivity contribution in [1.82, 2.24) is 10.6 Å². The van der Waals surface area contributed by atoms with Gasteiger partial charge in [0.25, 0.3) is 0 Å². The third-order valence-electron chi connectivity index (χ3n) is 3.51. The second-order valence-corrected chi connectivity index (χ2v) is 4.59. The number of carboxylic acids is 1. The second-order valence-electron chi connectivity index (χ2n) is 4.59. The van der Waals surface area contributed by atoms with Gasteiger partial charge in [0.05, 0.1) is 0 Å². The van der Waals surface area contributed by atoms with E-state index in [9.17, 15) is 9.59 Å². The summed E-state index contributed by atoms with van der Waals surface area (Å²) >= 11 is 0. The number of hydrogen-bond acceptors (Lipinski definition) is 2. The molecule has 0 aromatic rings. The fourth-order valence-electron chi connectivity index (χ4n) is 1.91. The summed E-state index contributed by atoms with van der Waals surface area (Å²) in [5.74, 6) is -1.02. The predicted octanol–water partition coefficient (Wildman–Crippen LogP) is 1.34. The van der Waals surface area contributed by atoms with Crippen LogP contribution in [0.3, 0.4) is 0 Å². The van der Waals surface area contributed by atoms with Crippen LogP contribution in [-0.4, -0.2) is 29.7 Å². The molecule has 0 radical (unpaired) electrons. The zero-order valence-electron chi connectivity index (χ0n) is 9.88. The first kappa shape index (κ1) is 12.8. The van der Waals surface area contributed by atoms with E-state index in [0.717, 1.165) is 19.3 Å². The molecule has 0 spiro atoms. The van der Waals surface area contributed by atoms with Crippen molar-refractivity contribution in [3.05, 3.63) is 0 Å². The van der Waals surface area contributed by atoms with Gasteiger partial charge in [-0.3, -0.25) is 4.79 Å². The lowest BCUT2D eigenvalue weighted by Crippen LogP contribution is -2.49. The van der Waals surface area contributed by atoms with Crippen molar-refractivity contribution in [1.29, 1.82) is 0 Å². The van der Waals surface area contributed by atoms with E-state index >= 15 is 0 Å². The van der Waals surface area contributed by atoms with Crippen LogP contribution in [0.1, 0.15) is 39.5 Å². The first-order valence-electron chi connectivity index (χ1n) is 5.76. The maximum absolute atomic E-state index is 11.4. The van der Waals surface area contributed by atoms with Crippen LogP contribution in [0.15, 0.2) is 0 Å². The minimum absolute atomic E-state index is 0.254. The number of urea groups is 1. The Morgan fingerprint density at radius 2 is 2.06 bits per heavy atom. The average Bonchev–Trinajstić information content (AvgIpc) is 2.16. The summed E-state index contributed by atoms with van der Waals surface area (Å²) < 4.78 is 0. The summed E-state index contributed by atoms with van der Waals surface area (Å²) in [5.41, 5.74) is 0.254. The summed E-state index contributed by atoms with van der Waals surface area (Å²) in [4.78, 5) is 21.9. The van der Waals surface area contributed by atoms with Gasteiger partial charge in [-0.1, -0.05) is 13.3 Å². The first-order valence-corrected chi connectivity index (χ1v) is 5.76. The number of rotatable bonds is 5. The summed E-state index contributed by atoms with van der Waals surface area (Å²) in [6.07, 6.45) is 4.58. The molecule has 92 valence electrons. The number of carboxylic acid groups (broad SMARTS) is 1. The molecule has 0 bridgehead atoms. The third-order valence-corrected chi connectivity index (χ3v) is 3.51. The molecule has 1 fully saturated rings. The van der Waals surface area contributed by atoms with Crippen LogP contribution in [0.2, 0.25) is 0 Å². The number of nitrogens with one attached hydrogen (secondary N) is 2. The zero-order valence-corrected chi connectivity index (χ0v) is 9.88. The largest absolute Gasteiger partial charge is 0.480 e. The molecule has 5 nitrogen and oxygen atoms in total. The van der Waals surface area contributed by atoms with Gasteiger partial charge in [-0.15, -0.1) is 0 Å². The lowest BCUT2D eigenvalue weighted by atomic mass is 9.67. The van der Waals surface area contributed by atoms with E-state index in [1.165, 1.54) is 13.3 Å². The molecule has 1 aliphatic rings. The highest BCUT2D eigenvalue weighted by atomic mass is 16.4. The number of carbonyl (C=O) groups excluding carboxylic acids is 1. The van der Waals surface area contributed by atoms with Gasteiger partial charge in [-0.25, -0.2) is 4.79 Å². The van der Waals surface area contributed by atoms with E-state index in [1.54, 1.807) is 0 Å². The van der Waals surface area contributed by atoms with Gasteiger partial charge in [-0.05, 0) is 31.6 Å².